The highest BCUT2D eigenvalue weighted by molar-refractivity contribution is 7.09. The predicted octanol–water partition coefficient (Wildman–Crippen LogP) is 0.577. The van der Waals surface area contributed by atoms with Crippen LogP contribution in [0, 0.1) is 0 Å². The molecule has 1 N–H and O–H groups in total. The lowest BCUT2D eigenvalue weighted by Gasteiger charge is -1.88. The minimum Gasteiger partial charge on any atom is -0.476 e. The first-order valence-corrected chi connectivity index (χ1v) is 5.02. The third-order valence-corrected chi connectivity index (χ3v) is 2.53. The van der Waals surface area contributed by atoms with Crippen LogP contribution in [0.1, 0.15) is 0 Å². The van der Waals surface area contributed by atoms with Gasteiger partial charge in [0.1, 0.15) is 4.88 Å². The van der Waals surface area contributed by atoms with Gasteiger partial charge in [0.15, 0.2) is 0 Å². The molecule has 76 valence electrons. The number of rotatable bonds is 3. The second-order valence-electron chi connectivity index (χ2n) is 2.87. The van der Waals surface area contributed by atoms with E-state index in [0.717, 1.165) is 10.6 Å². The molecule has 0 radical (unpaired) electrons. The molecule has 0 spiro atoms. The quantitative estimate of drug-likeness (QED) is 0.771. The van der Waals surface area contributed by atoms with Gasteiger partial charge in [-0.25, -0.2) is 4.79 Å². The molecule has 0 aromatic carbocycles. The summed E-state index contributed by atoms with van der Waals surface area (Å²) in [5.41, 5.74) is 0.805. The summed E-state index contributed by atoms with van der Waals surface area (Å²) in [5.74, 6) is -0.905. The molecule has 2 aromatic rings. The van der Waals surface area contributed by atoms with Gasteiger partial charge < -0.3 is 5.11 Å². The number of aliphatic carboxylic acids is 1. The second-order valence-corrected chi connectivity index (χ2v) is 3.66. The van der Waals surface area contributed by atoms with Crippen molar-refractivity contribution in [3.8, 4) is 10.6 Å². The van der Waals surface area contributed by atoms with Gasteiger partial charge in [-0.05, 0) is 12.1 Å². The second kappa shape index (κ2) is 4.14. The molecule has 2 heterocycles. The molecule has 0 saturated heterocycles. The number of hydrogen-bond donors (Lipinski definition) is 1. The van der Waals surface area contributed by atoms with Crippen LogP contribution in [0.3, 0.4) is 0 Å². The van der Waals surface area contributed by atoms with Crippen LogP contribution < -0.4 is 4.68 Å². The lowest BCUT2D eigenvalue weighted by atomic mass is 10.3. The van der Waals surface area contributed by atoms with Crippen molar-refractivity contribution in [3.05, 3.63) is 30.6 Å². The summed E-state index contributed by atoms with van der Waals surface area (Å²) in [7, 11) is 0. The fourth-order valence-corrected chi connectivity index (χ4v) is 1.79. The molecule has 0 unspecified atom stereocenters. The van der Waals surface area contributed by atoms with E-state index in [1.165, 1.54) is 16.2 Å². The summed E-state index contributed by atoms with van der Waals surface area (Å²) < 4.78 is 5.36. The molecule has 0 aliphatic rings. The van der Waals surface area contributed by atoms with Crippen molar-refractivity contribution in [3.63, 3.8) is 0 Å². The monoisotopic (exact) mass is 222 g/mol. The van der Waals surface area contributed by atoms with Crippen LogP contribution in [0.2, 0.25) is 0 Å². The highest BCUT2D eigenvalue weighted by Gasteiger charge is 2.14. The van der Waals surface area contributed by atoms with E-state index in [0.29, 0.717) is 0 Å². The Morgan fingerprint density at radius 3 is 3.07 bits per heavy atom. The van der Waals surface area contributed by atoms with Crippen LogP contribution in [-0.2, 0) is 11.3 Å². The molecule has 2 rings (SSSR count). The summed E-state index contributed by atoms with van der Waals surface area (Å²) in [6.07, 6.45) is 3.37. The lowest BCUT2D eigenvalue weighted by molar-refractivity contribution is -0.735. The van der Waals surface area contributed by atoms with Crippen LogP contribution in [0.5, 0.6) is 0 Å². The zero-order chi connectivity index (χ0) is 10.7. The van der Waals surface area contributed by atoms with Crippen LogP contribution in [0.4, 0.5) is 0 Å². The SMILES string of the molecule is O=C(O)C[n+]1cc(-c2ccccn2)sn1. The zero-order valence-corrected chi connectivity index (χ0v) is 8.52. The molecule has 0 fully saturated rings. The number of carbonyl (C=O) groups is 1. The Kier molecular flexibility index (Phi) is 2.68. The summed E-state index contributed by atoms with van der Waals surface area (Å²) in [5, 5.41) is 8.57. The number of aromatic nitrogens is 3. The lowest BCUT2D eigenvalue weighted by Crippen LogP contribution is -2.38. The maximum atomic E-state index is 10.4. The Morgan fingerprint density at radius 1 is 1.53 bits per heavy atom. The Morgan fingerprint density at radius 2 is 2.40 bits per heavy atom. The van der Waals surface area contributed by atoms with Gasteiger partial charge >= 0.3 is 5.97 Å². The van der Waals surface area contributed by atoms with Crippen LogP contribution >= 0.6 is 11.5 Å². The van der Waals surface area contributed by atoms with E-state index in [2.05, 4.69) is 9.47 Å². The van der Waals surface area contributed by atoms with Crippen molar-refractivity contribution in [1.82, 2.24) is 9.47 Å². The molecular formula is C9H8N3O2S+. The summed E-state index contributed by atoms with van der Waals surface area (Å²) >= 11 is 1.23. The topological polar surface area (TPSA) is 67.0 Å². The molecule has 2 aromatic heterocycles. The van der Waals surface area contributed by atoms with Crippen molar-refractivity contribution in [2.24, 2.45) is 0 Å². The van der Waals surface area contributed by atoms with Gasteiger partial charge in [0, 0.05) is 17.7 Å². The zero-order valence-electron chi connectivity index (χ0n) is 7.70. The number of hydrogen-bond acceptors (Lipinski definition) is 4. The van der Waals surface area contributed by atoms with E-state index in [9.17, 15) is 4.79 Å². The van der Waals surface area contributed by atoms with Gasteiger partial charge in [-0.3, -0.25) is 4.98 Å². The molecule has 15 heavy (non-hydrogen) atoms. The van der Waals surface area contributed by atoms with Crippen molar-refractivity contribution >= 4 is 17.5 Å². The third-order valence-electron chi connectivity index (χ3n) is 1.72. The van der Waals surface area contributed by atoms with Crippen molar-refractivity contribution in [2.75, 3.05) is 0 Å². The van der Waals surface area contributed by atoms with E-state index in [1.54, 1.807) is 12.4 Å². The molecule has 0 aliphatic heterocycles. The van der Waals surface area contributed by atoms with Gasteiger partial charge in [-0.2, -0.15) is 0 Å². The standard InChI is InChI=1S/C9H7N3O2S/c13-9(14)6-12-5-8(15-11-12)7-3-1-2-4-10-7/h1-5H,6H2/p+1. The van der Waals surface area contributed by atoms with Gasteiger partial charge in [-0.1, -0.05) is 10.7 Å². The molecule has 0 amide bonds. The number of nitrogens with zero attached hydrogens (tertiary/aromatic N) is 3. The Balaban J connectivity index is 2.24. The minimum atomic E-state index is -0.905. The maximum Gasteiger partial charge on any atom is 0.372 e. The Bertz CT molecular complexity index is 469. The van der Waals surface area contributed by atoms with Crippen LogP contribution in [-0.4, -0.2) is 20.5 Å². The van der Waals surface area contributed by atoms with Crippen LogP contribution in [0.15, 0.2) is 30.6 Å². The number of pyridine rings is 1. The molecule has 0 bridgehead atoms. The molecule has 0 aliphatic carbocycles. The van der Waals surface area contributed by atoms with Gasteiger partial charge in [0.05, 0.1) is 10.2 Å². The van der Waals surface area contributed by atoms with Crippen LogP contribution in [0.25, 0.3) is 10.6 Å². The third kappa shape index (κ3) is 2.35. The van der Waals surface area contributed by atoms with E-state index in [-0.39, 0.29) is 6.54 Å². The fourth-order valence-electron chi connectivity index (χ4n) is 1.11. The number of carboxylic acids is 1. The first-order valence-electron chi connectivity index (χ1n) is 4.25. The maximum absolute atomic E-state index is 10.4. The first kappa shape index (κ1) is 9.72. The highest BCUT2D eigenvalue weighted by atomic mass is 32.1. The van der Waals surface area contributed by atoms with Gasteiger partial charge in [0.25, 0.3) is 6.54 Å². The Labute approximate surface area is 89.8 Å². The summed E-state index contributed by atoms with van der Waals surface area (Å²) in [4.78, 5) is 15.5. The smallest absolute Gasteiger partial charge is 0.372 e. The van der Waals surface area contributed by atoms with E-state index in [4.69, 9.17) is 5.11 Å². The molecule has 5 nitrogen and oxygen atoms in total. The first-order chi connectivity index (χ1) is 7.25. The number of carboxylic acid groups (broad SMARTS) is 1. The van der Waals surface area contributed by atoms with E-state index < -0.39 is 5.97 Å². The molecule has 6 heteroatoms. The molecule has 0 saturated carbocycles. The van der Waals surface area contributed by atoms with Gasteiger partial charge in [-0.15, -0.1) is 0 Å². The largest absolute Gasteiger partial charge is 0.476 e. The summed E-state index contributed by atoms with van der Waals surface area (Å²) in [6.45, 7) is -0.122. The normalized spacial score (nSPS) is 10.1. The minimum absolute atomic E-state index is 0.122. The summed E-state index contributed by atoms with van der Waals surface area (Å²) in [6, 6.07) is 5.57. The average molecular weight is 222 g/mol. The van der Waals surface area contributed by atoms with Crippen molar-refractivity contribution in [2.45, 2.75) is 6.54 Å². The van der Waals surface area contributed by atoms with Crippen molar-refractivity contribution < 1.29 is 14.6 Å². The highest BCUT2D eigenvalue weighted by Crippen LogP contribution is 2.17. The molecular weight excluding hydrogens is 214 g/mol. The van der Waals surface area contributed by atoms with Gasteiger partial charge in [0.2, 0.25) is 6.20 Å². The van der Waals surface area contributed by atoms with E-state index in [1.807, 2.05) is 18.2 Å². The van der Waals surface area contributed by atoms with Crippen molar-refractivity contribution in [1.29, 1.82) is 0 Å². The average Bonchev–Trinajstić information content (AvgIpc) is 2.67. The Hall–Kier alpha value is -1.82. The fraction of sp³-hybridized carbons (Fsp3) is 0.111. The predicted molar refractivity (Wildman–Crippen MR) is 53.2 cm³/mol. The van der Waals surface area contributed by atoms with E-state index >= 15 is 0 Å². The molecule has 0 atom stereocenters.